The van der Waals surface area contributed by atoms with Gasteiger partial charge in [-0.3, -0.25) is 19.2 Å². The van der Waals surface area contributed by atoms with Crippen LogP contribution in [0, 0.1) is 5.41 Å². The Labute approximate surface area is 373 Å². The molecule has 358 valence electrons. The summed E-state index contributed by atoms with van der Waals surface area (Å²) >= 11 is 0. The number of carboxylic acid groups (broad SMARTS) is 1. The summed E-state index contributed by atoms with van der Waals surface area (Å²) in [5, 5.41) is 17.6. The van der Waals surface area contributed by atoms with E-state index in [2.05, 4.69) is 32.6 Å². The summed E-state index contributed by atoms with van der Waals surface area (Å²) in [5.74, 6) is -1.80. The Morgan fingerprint density at radius 2 is 0.951 bits per heavy atom. The van der Waals surface area contributed by atoms with Crippen LogP contribution in [0.25, 0.3) is 0 Å². The number of piperidine rings is 1. The predicted molar refractivity (Wildman–Crippen MR) is 248 cm³/mol. The summed E-state index contributed by atoms with van der Waals surface area (Å²) in [4.78, 5) is 49.9. The van der Waals surface area contributed by atoms with E-state index in [0.29, 0.717) is 5.41 Å². The van der Waals surface area contributed by atoms with E-state index < -0.39 is 5.97 Å². The van der Waals surface area contributed by atoms with E-state index >= 15 is 0 Å². The van der Waals surface area contributed by atoms with Crippen molar-refractivity contribution in [3.8, 4) is 0 Å². The van der Waals surface area contributed by atoms with Crippen LogP contribution in [-0.2, 0) is 33.4 Å². The highest BCUT2D eigenvalue weighted by atomic mass is 16.6. The van der Waals surface area contributed by atoms with Crippen LogP contribution in [0.5, 0.6) is 0 Å². The molecule has 61 heavy (non-hydrogen) atoms. The first kappa shape index (κ1) is 56.8. The van der Waals surface area contributed by atoms with Crippen molar-refractivity contribution in [2.24, 2.45) is 5.41 Å². The summed E-state index contributed by atoms with van der Waals surface area (Å²) in [6.07, 6.45) is 35.3. The minimum absolute atomic E-state index is 0.00144. The molecule has 2 aliphatic rings. The van der Waals surface area contributed by atoms with E-state index in [1.807, 2.05) is 0 Å². The maximum atomic E-state index is 12.6. The van der Waals surface area contributed by atoms with Crippen molar-refractivity contribution < 1.29 is 43.6 Å². The number of rotatable bonds is 37. The van der Waals surface area contributed by atoms with E-state index in [9.17, 15) is 19.2 Å². The number of carboxylic acids is 1. The smallest absolute Gasteiger partial charge is 0.306 e. The Kier molecular flexibility index (Phi) is 35.7. The van der Waals surface area contributed by atoms with Crippen LogP contribution in [0.4, 0.5) is 0 Å². The topological polar surface area (TPSA) is 140 Å². The number of aliphatic hydroxyl groups excluding tert-OH is 1. The first-order chi connectivity index (χ1) is 29.6. The molecule has 10 heteroatoms. The van der Waals surface area contributed by atoms with Crippen molar-refractivity contribution in [2.45, 2.75) is 271 Å². The molecule has 10 nitrogen and oxygen atoms in total. The summed E-state index contributed by atoms with van der Waals surface area (Å²) in [6.45, 7) is 12.4. The van der Waals surface area contributed by atoms with Gasteiger partial charge in [-0.1, -0.05) is 130 Å². The second-order valence-corrected chi connectivity index (χ2v) is 18.6. The van der Waals surface area contributed by atoms with Gasteiger partial charge in [0.2, 0.25) is 0 Å². The lowest BCUT2D eigenvalue weighted by Gasteiger charge is -2.39. The number of aliphatic hydroxyl groups is 1. The maximum absolute atomic E-state index is 12.6. The molecule has 1 spiro atoms. The van der Waals surface area contributed by atoms with Gasteiger partial charge in [0.1, 0.15) is 18.3 Å². The van der Waals surface area contributed by atoms with Gasteiger partial charge in [-0.15, -0.1) is 0 Å². The fraction of sp³-hybridized carbons (Fsp3) is 0.922. The molecule has 1 aliphatic carbocycles. The van der Waals surface area contributed by atoms with Crippen molar-refractivity contribution in [3.05, 3.63) is 0 Å². The number of ether oxygens (including phenoxy) is 3. The van der Waals surface area contributed by atoms with Crippen molar-refractivity contribution in [1.82, 2.24) is 4.90 Å². The fourth-order valence-electron chi connectivity index (χ4n) is 8.98. The minimum Gasteiger partial charge on any atom is -0.481 e. The van der Waals surface area contributed by atoms with Crippen molar-refractivity contribution in [3.63, 3.8) is 0 Å². The van der Waals surface area contributed by atoms with Gasteiger partial charge < -0.3 is 29.3 Å². The first-order valence-electron chi connectivity index (χ1n) is 25.7. The summed E-state index contributed by atoms with van der Waals surface area (Å²) in [6, 6.07) is 0. The molecule has 1 saturated heterocycles. The van der Waals surface area contributed by atoms with E-state index in [-0.39, 0.29) is 68.5 Å². The van der Waals surface area contributed by atoms with Crippen LogP contribution in [0.2, 0.25) is 0 Å². The van der Waals surface area contributed by atoms with Gasteiger partial charge in [0, 0.05) is 6.61 Å². The first-order valence-corrected chi connectivity index (χ1v) is 25.7. The third kappa shape index (κ3) is 31.3. The van der Waals surface area contributed by atoms with Gasteiger partial charge in [-0.25, -0.2) is 0 Å². The van der Waals surface area contributed by atoms with Crippen LogP contribution in [0.3, 0.4) is 0 Å². The van der Waals surface area contributed by atoms with Gasteiger partial charge >= 0.3 is 23.9 Å². The van der Waals surface area contributed by atoms with Gasteiger partial charge in [-0.05, 0) is 121 Å². The van der Waals surface area contributed by atoms with Gasteiger partial charge in [0.05, 0.1) is 25.7 Å². The number of carbonyl (C=O) groups is 4. The van der Waals surface area contributed by atoms with E-state index in [0.717, 1.165) is 103 Å². The highest BCUT2D eigenvalue weighted by Crippen LogP contribution is 2.47. The van der Waals surface area contributed by atoms with Crippen molar-refractivity contribution >= 4 is 23.9 Å². The molecule has 0 radical (unpaired) electrons. The average molecular weight is 866 g/mol. The van der Waals surface area contributed by atoms with Crippen LogP contribution in [0.15, 0.2) is 0 Å². The highest BCUT2D eigenvalue weighted by molar-refractivity contribution is 5.78. The second kappa shape index (κ2) is 38.3. The number of esters is 3. The van der Waals surface area contributed by atoms with Gasteiger partial charge in [0.25, 0.3) is 0 Å². The Morgan fingerprint density at radius 3 is 1.36 bits per heavy atom. The summed E-state index contributed by atoms with van der Waals surface area (Å²) < 4.78 is 17.2. The standard InChI is InChI=1S/C32H59NO5.C19H36O4/c1-3-5-7-9-11-15-28(16-12-10-8-6-4-2)37-30(35)17-18-31(36)38-29-19-20-32(27-29)21-24-33(25-22-32)23-13-14-26-34;1-3-5-7-9-11-13-17(14-12-10-8-6-4-2)23-19(22)16-15-18(20)21/h28-29,34H,3-27H2,1-2H3;17H,3-16H2,1-2H3,(H,20,21). The van der Waals surface area contributed by atoms with Crippen LogP contribution < -0.4 is 0 Å². The molecule has 1 aliphatic heterocycles. The van der Waals surface area contributed by atoms with Crippen molar-refractivity contribution in [2.75, 3.05) is 26.2 Å². The zero-order chi connectivity index (χ0) is 44.8. The largest absolute Gasteiger partial charge is 0.481 e. The van der Waals surface area contributed by atoms with Gasteiger partial charge in [0.15, 0.2) is 0 Å². The molecule has 2 rings (SSSR count). The average Bonchev–Trinajstić information content (AvgIpc) is 3.63. The quantitative estimate of drug-likeness (QED) is 0.0352. The Bertz CT molecular complexity index is 1060. The normalized spacial score (nSPS) is 16.1. The molecule has 2 N–H and O–H groups in total. The second-order valence-electron chi connectivity index (χ2n) is 18.6. The molecule has 0 aromatic heterocycles. The molecule has 0 aromatic carbocycles. The lowest BCUT2D eigenvalue weighted by molar-refractivity contribution is -0.156. The monoisotopic (exact) mass is 866 g/mol. The summed E-state index contributed by atoms with van der Waals surface area (Å²) in [5.41, 5.74) is 0.318. The molecule has 0 amide bonds. The van der Waals surface area contributed by atoms with E-state index in [1.54, 1.807) is 0 Å². The van der Waals surface area contributed by atoms with Crippen LogP contribution in [0.1, 0.15) is 252 Å². The third-order valence-corrected chi connectivity index (χ3v) is 12.9. The van der Waals surface area contributed by atoms with E-state index in [4.69, 9.17) is 24.4 Å². The molecular weight excluding hydrogens is 771 g/mol. The molecule has 0 bridgehead atoms. The molecule has 2 fully saturated rings. The SMILES string of the molecule is CCCCCCCC(CCCCCCC)OC(=O)CCC(=O)O.CCCCCCCC(CCCCCCC)OC(=O)CCC(=O)OC1CCC2(CCN(CCCCO)CC2)C1. The van der Waals surface area contributed by atoms with Crippen molar-refractivity contribution in [1.29, 1.82) is 0 Å². The zero-order valence-corrected chi connectivity index (χ0v) is 40.0. The lowest BCUT2D eigenvalue weighted by Crippen LogP contribution is -2.39. The van der Waals surface area contributed by atoms with Gasteiger partial charge in [-0.2, -0.15) is 0 Å². The Balaban J connectivity index is 0.000000694. The fourth-order valence-corrected chi connectivity index (χ4v) is 8.98. The lowest BCUT2D eigenvalue weighted by atomic mass is 9.77. The zero-order valence-electron chi connectivity index (χ0n) is 40.0. The Morgan fingerprint density at radius 1 is 0.541 bits per heavy atom. The minimum atomic E-state index is -0.947. The number of nitrogens with zero attached hydrogens (tertiary/aromatic N) is 1. The number of hydrogen-bond donors (Lipinski definition) is 2. The molecule has 1 unspecified atom stereocenters. The third-order valence-electron chi connectivity index (χ3n) is 12.9. The molecule has 1 atom stereocenters. The molecule has 1 heterocycles. The number of aliphatic carboxylic acids is 1. The number of likely N-dealkylation sites (tertiary alicyclic amines) is 1. The molecule has 1 saturated carbocycles. The number of unbranched alkanes of at least 4 members (excludes halogenated alkanes) is 17. The Hall–Kier alpha value is -2.20. The van der Waals surface area contributed by atoms with Crippen LogP contribution >= 0.6 is 0 Å². The predicted octanol–water partition coefficient (Wildman–Crippen LogP) is 12.8. The number of hydrogen-bond acceptors (Lipinski definition) is 9. The molecule has 0 aromatic rings. The van der Waals surface area contributed by atoms with E-state index in [1.165, 1.54) is 116 Å². The van der Waals surface area contributed by atoms with Crippen LogP contribution in [-0.4, -0.2) is 83.5 Å². The summed E-state index contributed by atoms with van der Waals surface area (Å²) in [7, 11) is 0. The number of carbonyl (C=O) groups excluding carboxylic acids is 3. The highest BCUT2D eigenvalue weighted by Gasteiger charge is 2.42. The maximum Gasteiger partial charge on any atom is 0.306 e. The molecular formula is C51H95NO9.